The SMILES string of the molecule is [2H]C([2H])(c1nccc(OC(C)C)c1OCC)S(=O)c1nc2ccc(OC(F)F)cc2[nH]1. The summed E-state index contributed by atoms with van der Waals surface area (Å²) >= 11 is 0. The number of H-pyrrole nitrogens is 1. The van der Waals surface area contributed by atoms with Crippen LogP contribution in [0, 0.1) is 0 Å². The number of halogens is 2. The molecule has 1 aromatic carbocycles. The number of aromatic nitrogens is 3. The number of imidazole rings is 1. The first kappa shape index (κ1) is 18.3. The predicted octanol–water partition coefficient (Wildman–Crippen LogP) is 4.05. The average molecular weight is 427 g/mol. The number of fused-ring (bicyclic) bond motifs is 1. The molecular formula is C19H21F2N3O4S. The Morgan fingerprint density at radius 3 is 2.76 bits per heavy atom. The minimum absolute atomic E-state index is 0.0563. The first-order valence-corrected chi connectivity index (χ1v) is 9.93. The highest BCUT2D eigenvalue weighted by molar-refractivity contribution is 7.84. The van der Waals surface area contributed by atoms with Crippen LogP contribution in [-0.4, -0.2) is 38.5 Å². The van der Waals surface area contributed by atoms with E-state index in [1.54, 1.807) is 13.0 Å². The van der Waals surface area contributed by atoms with E-state index in [0.717, 1.165) is 0 Å². The second kappa shape index (κ2) is 9.17. The van der Waals surface area contributed by atoms with Crippen LogP contribution in [0.5, 0.6) is 17.2 Å². The lowest BCUT2D eigenvalue weighted by atomic mass is 10.3. The molecule has 3 aromatic rings. The zero-order valence-electron chi connectivity index (χ0n) is 17.9. The van der Waals surface area contributed by atoms with Gasteiger partial charge in [0.25, 0.3) is 0 Å². The van der Waals surface area contributed by atoms with Crippen LogP contribution in [0.1, 0.15) is 29.2 Å². The summed E-state index contributed by atoms with van der Waals surface area (Å²) in [4.78, 5) is 10.9. The first-order chi connectivity index (χ1) is 14.6. The highest BCUT2D eigenvalue weighted by Gasteiger charge is 2.19. The molecule has 1 unspecified atom stereocenters. The Bertz CT molecular complexity index is 1100. The Hall–Kier alpha value is -2.75. The van der Waals surface area contributed by atoms with Crippen LogP contribution in [0.25, 0.3) is 11.0 Å². The van der Waals surface area contributed by atoms with Crippen molar-refractivity contribution in [2.45, 2.75) is 44.3 Å². The molecule has 3 rings (SSSR count). The molecule has 0 fully saturated rings. The van der Waals surface area contributed by atoms with Crippen molar-refractivity contribution in [3.05, 3.63) is 36.2 Å². The molecule has 0 spiro atoms. The molecule has 0 aliphatic heterocycles. The Balaban J connectivity index is 2.01. The summed E-state index contributed by atoms with van der Waals surface area (Å²) in [5.74, 6) is 0.229. The quantitative estimate of drug-likeness (QED) is 0.554. The number of ether oxygens (including phenoxy) is 3. The van der Waals surface area contributed by atoms with Gasteiger partial charge in [-0.25, -0.2) is 4.98 Å². The van der Waals surface area contributed by atoms with Crippen molar-refractivity contribution < 1.29 is 29.9 Å². The van der Waals surface area contributed by atoms with Crippen LogP contribution in [0.3, 0.4) is 0 Å². The third-order valence-electron chi connectivity index (χ3n) is 3.54. The minimum Gasteiger partial charge on any atom is -0.488 e. The maximum absolute atomic E-state index is 13.1. The molecular weight excluding hydrogens is 404 g/mol. The van der Waals surface area contributed by atoms with E-state index in [2.05, 4.69) is 19.7 Å². The van der Waals surface area contributed by atoms with E-state index in [1.165, 1.54) is 24.4 Å². The summed E-state index contributed by atoms with van der Waals surface area (Å²) < 4.78 is 70.6. The fourth-order valence-corrected chi connectivity index (χ4v) is 3.30. The topological polar surface area (TPSA) is 86.3 Å². The van der Waals surface area contributed by atoms with Crippen LogP contribution in [0.4, 0.5) is 8.78 Å². The Labute approximate surface area is 171 Å². The van der Waals surface area contributed by atoms with Crippen molar-refractivity contribution in [3.8, 4) is 17.2 Å². The smallest absolute Gasteiger partial charge is 0.387 e. The van der Waals surface area contributed by atoms with Gasteiger partial charge in [-0.05, 0) is 32.9 Å². The van der Waals surface area contributed by atoms with Gasteiger partial charge in [0, 0.05) is 21.1 Å². The van der Waals surface area contributed by atoms with Gasteiger partial charge in [-0.15, -0.1) is 0 Å². The zero-order chi connectivity index (χ0) is 22.8. The van der Waals surface area contributed by atoms with Crippen molar-refractivity contribution >= 4 is 21.8 Å². The molecule has 0 bridgehead atoms. The van der Waals surface area contributed by atoms with E-state index >= 15 is 0 Å². The fourth-order valence-electron chi connectivity index (χ4n) is 2.50. The molecule has 10 heteroatoms. The standard InChI is InChI=1S/C19H21F2N3O4S/c1-4-26-17-15(22-8-7-16(17)27-11(2)3)10-29(25)19-23-13-6-5-12(28-18(20)21)9-14(13)24-19/h5-9,11,18H,4,10H2,1-3H3,(H,23,24)/i10D2. The first-order valence-electron chi connectivity index (χ1n) is 9.78. The van der Waals surface area contributed by atoms with Gasteiger partial charge in [-0.3, -0.25) is 9.19 Å². The number of alkyl halides is 2. The molecule has 2 heterocycles. The summed E-state index contributed by atoms with van der Waals surface area (Å²) in [6.45, 7) is 2.56. The van der Waals surface area contributed by atoms with Crippen LogP contribution >= 0.6 is 0 Å². The number of benzene rings is 1. The summed E-state index contributed by atoms with van der Waals surface area (Å²) in [6.07, 6.45) is 1.14. The number of pyridine rings is 1. The predicted molar refractivity (Wildman–Crippen MR) is 104 cm³/mol. The Kier molecular flexibility index (Phi) is 5.78. The lowest BCUT2D eigenvalue weighted by Crippen LogP contribution is -2.10. The monoisotopic (exact) mass is 427 g/mol. The lowest BCUT2D eigenvalue weighted by molar-refractivity contribution is -0.0497. The molecule has 0 radical (unpaired) electrons. The number of nitrogens with zero attached hydrogens (tertiary/aromatic N) is 2. The van der Waals surface area contributed by atoms with Gasteiger partial charge in [0.15, 0.2) is 16.7 Å². The molecule has 29 heavy (non-hydrogen) atoms. The van der Waals surface area contributed by atoms with E-state index in [1.807, 2.05) is 13.8 Å². The number of hydrogen-bond acceptors (Lipinski definition) is 6. The number of rotatable bonds is 9. The number of aromatic amines is 1. The van der Waals surface area contributed by atoms with Gasteiger partial charge in [-0.1, -0.05) is 0 Å². The second-order valence-corrected chi connectivity index (χ2v) is 7.18. The summed E-state index contributed by atoms with van der Waals surface area (Å²) in [6, 6.07) is 5.50. The molecule has 156 valence electrons. The van der Waals surface area contributed by atoms with Gasteiger partial charge in [0.2, 0.25) is 0 Å². The van der Waals surface area contributed by atoms with E-state index in [-0.39, 0.29) is 46.3 Å². The van der Waals surface area contributed by atoms with Crippen molar-refractivity contribution in [1.82, 2.24) is 15.0 Å². The van der Waals surface area contributed by atoms with Gasteiger partial charge in [0.05, 0.1) is 45.9 Å². The van der Waals surface area contributed by atoms with Crippen molar-refractivity contribution in [2.75, 3.05) is 6.61 Å². The normalized spacial score (nSPS) is 14.0. The molecule has 0 saturated carbocycles. The third-order valence-corrected chi connectivity index (χ3v) is 4.46. The van der Waals surface area contributed by atoms with Gasteiger partial charge >= 0.3 is 6.61 Å². The average Bonchev–Trinajstić information content (AvgIpc) is 3.11. The molecule has 0 amide bonds. The number of hydrogen-bond donors (Lipinski definition) is 1. The van der Waals surface area contributed by atoms with Crippen LogP contribution in [0.15, 0.2) is 35.6 Å². The lowest BCUT2D eigenvalue weighted by Gasteiger charge is -2.16. The maximum atomic E-state index is 13.1. The Morgan fingerprint density at radius 2 is 2.07 bits per heavy atom. The van der Waals surface area contributed by atoms with Crippen LogP contribution in [0.2, 0.25) is 0 Å². The van der Waals surface area contributed by atoms with Crippen molar-refractivity contribution in [2.24, 2.45) is 0 Å². The van der Waals surface area contributed by atoms with Crippen molar-refractivity contribution in [3.63, 3.8) is 0 Å². The molecule has 0 saturated heterocycles. The van der Waals surface area contributed by atoms with Gasteiger partial charge in [0.1, 0.15) is 5.75 Å². The van der Waals surface area contributed by atoms with E-state index in [0.29, 0.717) is 5.52 Å². The molecule has 0 aliphatic carbocycles. The van der Waals surface area contributed by atoms with Gasteiger partial charge in [-0.2, -0.15) is 8.78 Å². The van der Waals surface area contributed by atoms with Crippen LogP contribution in [-0.2, 0) is 16.5 Å². The summed E-state index contributed by atoms with van der Waals surface area (Å²) in [5.41, 5.74) is -2.12. The third kappa shape index (κ3) is 5.20. The number of nitrogens with one attached hydrogen (secondary N) is 1. The molecule has 1 atom stereocenters. The minimum atomic E-state index is -2.99. The van der Waals surface area contributed by atoms with E-state index in [9.17, 15) is 13.0 Å². The zero-order valence-corrected chi connectivity index (χ0v) is 16.8. The second-order valence-electron chi connectivity index (χ2n) is 6.06. The highest BCUT2D eigenvalue weighted by atomic mass is 32.2. The van der Waals surface area contributed by atoms with Crippen LogP contribution < -0.4 is 14.2 Å². The maximum Gasteiger partial charge on any atom is 0.387 e. The largest absolute Gasteiger partial charge is 0.488 e. The molecule has 7 nitrogen and oxygen atoms in total. The van der Waals surface area contributed by atoms with Gasteiger partial charge < -0.3 is 19.2 Å². The fraction of sp³-hybridized carbons (Fsp3) is 0.368. The molecule has 2 aromatic heterocycles. The van der Waals surface area contributed by atoms with E-state index in [4.69, 9.17) is 12.2 Å². The summed E-state index contributed by atoms with van der Waals surface area (Å²) in [7, 11) is -2.35. The molecule has 1 N–H and O–H groups in total. The highest BCUT2D eigenvalue weighted by Crippen LogP contribution is 2.32. The Morgan fingerprint density at radius 1 is 1.28 bits per heavy atom. The van der Waals surface area contributed by atoms with E-state index < -0.39 is 23.1 Å². The molecule has 0 aliphatic rings. The van der Waals surface area contributed by atoms with Crippen molar-refractivity contribution in [1.29, 1.82) is 0 Å². The summed E-state index contributed by atoms with van der Waals surface area (Å²) in [5, 5.41) is -0.186.